The van der Waals surface area contributed by atoms with Crippen LogP contribution >= 0.6 is 23.4 Å². The van der Waals surface area contributed by atoms with Crippen molar-refractivity contribution in [2.24, 2.45) is 4.99 Å². The molecule has 2 atom stereocenters. The largest absolute Gasteiger partial charge is 0.325 e. The second-order valence-electron chi connectivity index (χ2n) is 5.85. The number of nitrogens with one attached hydrogen (secondary N) is 2. The Kier molecular flexibility index (Phi) is 5.96. The summed E-state index contributed by atoms with van der Waals surface area (Å²) < 4.78 is 0. The van der Waals surface area contributed by atoms with Crippen LogP contribution in [0.25, 0.3) is 0 Å². The molecule has 1 fully saturated rings. The second kappa shape index (κ2) is 8.38. The van der Waals surface area contributed by atoms with Gasteiger partial charge in [0.05, 0.1) is 16.8 Å². The van der Waals surface area contributed by atoms with E-state index in [0.717, 1.165) is 5.56 Å². The molecule has 0 radical (unpaired) electrons. The highest BCUT2D eigenvalue weighted by molar-refractivity contribution is 8.15. The number of amidine groups is 1. The number of hydrogen-bond acceptors (Lipinski definition) is 4. The summed E-state index contributed by atoms with van der Waals surface area (Å²) >= 11 is 7.31. The summed E-state index contributed by atoms with van der Waals surface area (Å²) in [6, 6.07) is 16.7. The standard InChI is InChI=1S/C19H18ClN3O2S/c1-12(13-7-3-2-4-8-13)21-19-23-18(25)16(26-19)11-17(24)22-15-10-6-5-9-14(15)20/h2-10,12,16H,11H2,1H3,(H,22,24)(H,21,23,25)/t12-,16+/m0/s1. The molecular formula is C19H18ClN3O2S. The number of hydrogen-bond donors (Lipinski definition) is 2. The summed E-state index contributed by atoms with van der Waals surface area (Å²) in [7, 11) is 0. The zero-order valence-electron chi connectivity index (χ0n) is 14.1. The zero-order chi connectivity index (χ0) is 18.5. The van der Waals surface area contributed by atoms with Gasteiger partial charge in [-0.15, -0.1) is 0 Å². The van der Waals surface area contributed by atoms with E-state index in [9.17, 15) is 9.59 Å². The first-order valence-electron chi connectivity index (χ1n) is 8.17. The highest BCUT2D eigenvalue weighted by atomic mass is 35.5. The van der Waals surface area contributed by atoms with E-state index in [2.05, 4.69) is 15.6 Å². The fraction of sp³-hybridized carbons (Fsp3) is 0.211. The molecule has 1 aliphatic heterocycles. The summed E-state index contributed by atoms with van der Waals surface area (Å²) in [5, 5.41) is 5.99. The molecule has 0 bridgehead atoms. The molecule has 2 aromatic carbocycles. The molecule has 0 aliphatic carbocycles. The molecule has 1 aliphatic rings. The first-order chi connectivity index (χ1) is 12.5. The third-order valence-electron chi connectivity index (χ3n) is 3.89. The van der Waals surface area contributed by atoms with Crippen LogP contribution in [-0.4, -0.2) is 22.2 Å². The van der Waals surface area contributed by atoms with Gasteiger partial charge in [-0.25, -0.2) is 0 Å². The Morgan fingerprint density at radius 3 is 2.65 bits per heavy atom. The molecule has 7 heteroatoms. The van der Waals surface area contributed by atoms with Crippen molar-refractivity contribution in [3.63, 3.8) is 0 Å². The monoisotopic (exact) mass is 387 g/mol. The van der Waals surface area contributed by atoms with Crippen LogP contribution < -0.4 is 10.6 Å². The molecular weight excluding hydrogens is 370 g/mol. The number of para-hydroxylation sites is 1. The van der Waals surface area contributed by atoms with E-state index in [0.29, 0.717) is 15.9 Å². The van der Waals surface area contributed by atoms with Gasteiger partial charge >= 0.3 is 0 Å². The Morgan fingerprint density at radius 2 is 1.92 bits per heavy atom. The maximum Gasteiger partial charge on any atom is 0.240 e. The van der Waals surface area contributed by atoms with Gasteiger partial charge in [0, 0.05) is 6.42 Å². The molecule has 134 valence electrons. The predicted molar refractivity (Wildman–Crippen MR) is 107 cm³/mol. The lowest BCUT2D eigenvalue weighted by Gasteiger charge is -2.09. The minimum atomic E-state index is -0.501. The van der Waals surface area contributed by atoms with Gasteiger partial charge in [0.1, 0.15) is 5.25 Å². The minimum absolute atomic E-state index is 0.0560. The number of carbonyl (C=O) groups excluding carboxylic acids is 2. The smallest absolute Gasteiger partial charge is 0.240 e. The molecule has 2 aromatic rings. The van der Waals surface area contributed by atoms with E-state index < -0.39 is 5.25 Å². The van der Waals surface area contributed by atoms with E-state index in [1.165, 1.54) is 11.8 Å². The molecule has 0 spiro atoms. The van der Waals surface area contributed by atoms with Crippen LogP contribution in [0.1, 0.15) is 24.9 Å². The normalized spacial score (nSPS) is 19.2. The van der Waals surface area contributed by atoms with E-state index in [-0.39, 0.29) is 24.3 Å². The lowest BCUT2D eigenvalue weighted by Crippen LogP contribution is -2.28. The van der Waals surface area contributed by atoms with Gasteiger partial charge in [0.15, 0.2) is 5.17 Å². The molecule has 26 heavy (non-hydrogen) atoms. The van der Waals surface area contributed by atoms with Gasteiger partial charge in [-0.2, -0.15) is 0 Å². The van der Waals surface area contributed by atoms with Gasteiger partial charge < -0.3 is 10.6 Å². The Hall–Kier alpha value is -2.31. The third kappa shape index (κ3) is 4.65. The number of amides is 2. The quantitative estimate of drug-likeness (QED) is 0.814. The van der Waals surface area contributed by atoms with Crippen LogP contribution in [0.15, 0.2) is 59.6 Å². The first kappa shape index (κ1) is 18.5. The summed E-state index contributed by atoms with van der Waals surface area (Å²) in [5.41, 5.74) is 1.60. The van der Waals surface area contributed by atoms with Gasteiger partial charge in [-0.05, 0) is 24.6 Å². The first-order valence-corrected chi connectivity index (χ1v) is 9.43. The summed E-state index contributed by atoms with van der Waals surface area (Å²) in [4.78, 5) is 28.9. The van der Waals surface area contributed by atoms with Crippen molar-refractivity contribution in [1.82, 2.24) is 5.32 Å². The van der Waals surface area contributed by atoms with Crippen molar-refractivity contribution >= 4 is 46.0 Å². The number of benzene rings is 2. The predicted octanol–water partition coefficient (Wildman–Crippen LogP) is 4.02. The maximum absolute atomic E-state index is 12.2. The van der Waals surface area contributed by atoms with Gasteiger partial charge in [0.2, 0.25) is 11.8 Å². The number of aliphatic imine (C=N–C) groups is 1. The van der Waals surface area contributed by atoms with E-state index in [4.69, 9.17) is 11.6 Å². The molecule has 0 aromatic heterocycles. The molecule has 2 amide bonds. The fourth-order valence-corrected chi connectivity index (χ4v) is 3.75. The second-order valence-corrected chi connectivity index (χ2v) is 7.45. The third-order valence-corrected chi connectivity index (χ3v) is 5.31. The Morgan fingerprint density at radius 1 is 1.23 bits per heavy atom. The molecule has 0 saturated carbocycles. The van der Waals surface area contributed by atoms with Crippen LogP contribution in [0.5, 0.6) is 0 Å². The van der Waals surface area contributed by atoms with Crippen molar-refractivity contribution < 1.29 is 9.59 Å². The van der Waals surface area contributed by atoms with Gasteiger partial charge in [-0.1, -0.05) is 65.8 Å². The lowest BCUT2D eigenvalue weighted by molar-refractivity contribution is -0.122. The summed E-state index contributed by atoms with van der Waals surface area (Å²) in [6.07, 6.45) is 0.0560. The van der Waals surface area contributed by atoms with Crippen LogP contribution in [0.4, 0.5) is 5.69 Å². The van der Waals surface area contributed by atoms with Crippen molar-refractivity contribution in [3.05, 3.63) is 65.2 Å². The molecule has 5 nitrogen and oxygen atoms in total. The fourth-order valence-electron chi connectivity index (χ4n) is 2.51. The van der Waals surface area contributed by atoms with Crippen LogP contribution in [-0.2, 0) is 9.59 Å². The Labute approximate surface area is 161 Å². The molecule has 2 N–H and O–H groups in total. The van der Waals surface area contributed by atoms with Crippen molar-refractivity contribution in [2.45, 2.75) is 24.6 Å². The number of anilines is 1. The number of nitrogens with zero attached hydrogens (tertiary/aromatic N) is 1. The topological polar surface area (TPSA) is 70.6 Å². The van der Waals surface area contributed by atoms with Crippen molar-refractivity contribution in [1.29, 1.82) is 0 Å². The number of rotatable bonds is 5. The Balaban J connectivity index is 1.60. The SMILES string of the molecule is C[C@H](N=C1NC(=O)[C@@H](CC(=O)Nc2ccccc2Cl)S1)c1ccccc1. The highest BCUT2D eigenvalue weighted by Gasteiger charge is 2.32. The van der Waals surface area contributed by atoms with Crippen molar-refractivity contribution in [3.8, 4) is 0 Å². The van der Waals surface area contributed by atoms with E-state index >= 15 is 0 Å². The highest BCUT2D eigenvalue weighted by Crippen LogP contribution is 2.27. The summed E-state index contributed by atoms with van der Waals surface area (Å²) in [6.45, 7) is 1.96. The number of halogens is 1. The van der Waals surface area contributed by atoms with E-state index in [1.807, 2.05) is 37.3 Å². The zero-order valence-corrected chi connectivity index (χ0v) is 15.7. The maximum atomic E-state index is 12.2. The van der Waals surface area contributed by atoms with Gasteiger partial charge in [-0.3, -0.25) is 14.6 Å². The molecule has 3 rings (SSSR count). The van der Waals surface area contributed by atoms with Crippen LogP contribution in [0.3, 0.4) is 0 Å². The van der Waals surface area contributed by atoms with Crippen LogP contribution in [0.2, 0.25) is 5.02 Å². The average molecular weight is 388 g/mol. The van der Waals surface area contributed by atoms with E-state index in [1.54, 1.807) is 24.3 Å². The molecule has 1 heterocycles. The Bertz CT molecular complexity index is 842. The van der Waals surface area contributed by atoms with Gasteiger partial charge in [0.25, 0.3) is 0 Å². The average Bonchev–Trinajstić information content (AvgIpc) is 2.96. The molecule has 1 saturated heterocycles. The lowest BCUT2D eigenvalue weighted by atomic mass is 10.1. The number of carbonyl (C=O) groups is 2. The summed E-state index contributed by atoms with van der Waals surface area (Å²) in [5.74, 6) is -0.466. The molecule has 0 unspecified atom stereocenters. The number of thioether (sulfide) groups is 1. The van der Waals surface area contributed by atoms with Crippen LogP contribution in [0, 0.1) is 0 Å². The van der Waals surface area contributed by atoms with Crippen molar-refractivity contribution in [2.75, 3.05) is 5.32 Å². The minimum Gasteiger partial charge on any atom is -0.325 e.